The zero-order chi connectivity index (χ0) is 29.5. The lowest BCUT2D eigenvalue weighted by Crippen LogP contribution is -2.39. The number of aryl methyl sites for hydroxylation is 2. The zero-order valence-corrected chi connectivity index (χ0v) is 25.0. The van der Waals surface area contributed by atoms with Crippen molar-refractivity contribution in [3.63, 3.8) is 0 Å². The average molecular weight is 582 g/mol. The summed E-state index contributed by atoms with van der Waals surface area (Å²) in [7, 11) is -2.56. The lowest BCUT2D eigenvalue weighted by molar-refractivity contribution is 0.0223. The number of sulfonamides is 1. The Morgan fingerprint density at radius 2 is 1.95 bits per heavy atom. The summed E-state index contributed by atoms with van der Waals surface area (Å²) in [6.45, 7) is 10.9. The van der Waals surface area contributed by atoms with Crippen molar-refractivity contribution >= 4 is 32.9 Å². The molecule has 0 atom stereocenters. The summed E-state index contributed by atoms with van der Waals surface area (Å²) >= 11 is 0. The van der Waals surface area contributed by atoms with Crippen LogP contribution in [0.15, 0.2) is 45.9 Å². The van der Waals surface area contributed by atoms with Gasteiger partial charge in [-0.1, -0.05) is 24.2 Å². The molecular formula is C29H35N5O6S. The van der Waals surface area contributed by atoms with Gasteiger partial charge in [-0.25, -0.2) is 13.2 Å². The number of benzene rings is 2. The molecule has 11 nitrogen and oxygen atoms in total. The highest BCUT2D eigenvalue weighted by atomic mass is 32.2. The summed E-state index contributed by atoms with van der Waals surface area (Å²) < 4.78 is 47.5. The third-order valence-electron chi connectivity index (χ3n) is 6.89. The Labute approximate surface area is 239 Å². The molecular weight excluding hydrogens is 546 g/mol. The Morgan fingerprint density at radius 1 is 1.17 bits per heavy atom. The number of carbonyl (C=O) groups excluding carboxylic acids is 1. The van der Waals surface area contributed by atoms with Gasteiger partial charge in [0.05, 0.1) is 31.3 Å². The van der Waals surface area contributed by atoms with E-state index < -0.39 is 15.6 Å². The van der Waals surface area contributed by atoms with Crippen molar-refractivity contribution in [2.75, 3.05) is 18.4 Å². The van der Waals surface area contributed by atoms with Gasteiger partial charge in [0, 0.05) is 24.7 Å². The molecule has 1 aliphatic rings. The van der Waals surface area contributed by atoms with Gasteiger partial charge in [-0.05, 0) is 69.0 Å². The number of nitrogens with one attached hydrogen (secondary N) is 1. The minimum Gasteiger partial charge on any atom is -0.495 e. The molecule has 4 aromatic rings. The number of hydrogen-bond acceptors (Lipinski definition) is 8. The average Bonchev–Trinajstić information content (AvgIpc) is 3.49. The third kappa shape index (κ3) is 6.02. The molecule has 5 rings (SSSR count). The first kappa shape index (κ1) is 28.5. The molecule has 0 spiro atoms. The van der Waals surface area contributed by atoms with Crippen molar-refractivity contribution < 1.29 is 27.2 Å². The minimum atomic E-state index is -4.00. The minimum absolute atomic E-state index is 0.0395. The van der Waals surface area contributed by atoms with E-state index in [4.69, 9.17) is 19.1 Å². The van der Waals surface area contributed by atoms with Gasteiger partial charge in [0.2, 0.25) is 0 Å². The van der Waals surface area contributed by atoms with Crippen molar-refractivity contribution in [1.82, 2.24) is 19.8 Å². The molecule has 2 aromatic heterocycles. The van der Waals surface area contributed by atoms with Crippen LogP contribution in [0.4, 0.5) is 10.6 Å². The maximum Gasteiger partial charge on any atom is 0.410 e. The number of hydrogen-bond donors (Lipinski definition) is 1. The second kappa shape index (κ2) is 10.7. The first-order chi connectivity index (χ1) is 19.4. The van der Waals surface area contributed by atoms with E-state index in [2.05, 4.69) is 9.88 Å². The van der Waals surface area contributed by atoms with Crippen LogP contribution in [0.3, 0.4) is 0 Å². The Kier molecular flexibility index (Phi) is 7.45. The SMILES string of the molecule is CCc1ccc(OC)c(S(=O)(=O)Nc2noc3cc(Cn4cc5c(n4)CCN(C(=O)OC(C)(C)C)C5)cc(C)c23)c1. The van der Waals surface area contributed by atoms with E-state index in [1.807, 2.05) is 63.7 Å². The van der Waals surface area contributed by atoms with Gasteiger partial charge in [-0.2, -0.15) is 5.10 Å². The maximum atomic E-state index is 13.3. The number of aromatic nitrogens is 3. The van der Waals surface area contributed by atoms with E-state index in [-0.39, 0.29) is 22.6 Å². The topological polar surface area (TPSA) is 129 Å². The van der Waals surface area contributed by atoms with Gasteiger partial charge in [0.25, 0.3) is 10.0 Å². The van der Waals surface area contributed by atoms with E-state index in [0.29, 0.717) is 43.4 Å². The van der Waals surface area contributed by atoms with Gasteiger partial charge in [0.1, 0.15) is 16.2 Å². The quantitative estimate of drug-likeness (QED) is 0.321. The third-order valence-corrected chi connectivity index (χ3v) is 8.25. The summed E-state index contributed by atoms with van der Waals surface area (Å²) in [5.41, 5.74) is 4.45. The molecule has 1 N–H and O–H groups in total. The van der Waals surface area contributed by atoms with Gasteiger partial charge in [-0.15, -0.1) is 0 Å². The second-order valence-electron chi connectivity index (χ2n) is 11.2. The molecule has 0 bridgehead atoms. The molecule has 0 radical (unpaired) electrons. The summed E-state index contributed by atoms with van der Waals surface area (Å²) in [6, 6.07) is 8.88. The second-order valence-corrected chi connectivity index (χ2v) is 12.9. The van der Waals surface area contributed by atoms with Crippen LogP contribution in [0, 0.1) is 6.92 Å². The first-order valence-electron chi connectivity index (χ1n) is 13.5. The summed E-state index contributed by atoms with van der Waals surface area (Å²) in [6.07, 6.45) is 2.95. The first-order valence-corrected chi connectivity index (χ1v) is 15.0. The van der Waals surface area contributed by atoms with Gasteiger partial charge in [0.15, 0.2) is 11.4 Å². The van der Waals surface area contributed by atoms with Crippen LogP contribution in [0.1, 0.15) is 55.6 Å². The van der Waals surface area contributed by atoms with Gasteiger partial charge < -0.3 is 18.9 Å². The molecule has 41 heavy (non-hydrogen) atoms. The lowest BCUT2D eigenvalue weighted by Gasteiger charge is -2.29. The lowest BCUT2D eigenvalue weighted by atomic mass is 10.1. The van der Waals surface area contributed by atoms with E-state index in [0.717, 1.165) is 27.9 Å². The Morgan fingerprint density at radius 3 is 2.66 bits per heavy atom. The number of methoxy groups -OCH3 is 1. The molecule has 218 valence electrons. The van der Waals surface area contributed by atoms with Crippen LogP contribution >= 0.6 is 0 Å². The normalized spacial score (nSPS) is 13.8. The van der Waals surface area contributed by atoms with Crippen LogP contribution in [0.25, 0.3) is 11.0 Å². The van der Waals surface area contributed by atoms with Gasteiger partial charge in [-0.3, -0.25) is 9.40 Å². The summed E-state index contributed by atoms with van der Waals surface area (Å²) in [5, 5.41) is 9.35. The largest absolute Gasteiger partial charge is 0.495 e. The van der Waals surface area contributed by atoms with Crippen LogP contribution in [-0.2, 0) is 40.7 Å². The molecule has 3 heterocycles. The molecule has 12 heteroatoms. The van der Waals surface area contributed by atoms with Crippen molar-refractivity contribution in [1.29, 1.82) is 0 Å². The molecule has 1 amide bonds. The fourth-order valence-corrected chi connectivity index (χ4v) is 6.18. The zero-order valence-electron chi connectivity index (χ0n) is 24.1. The smallest absolute Gasteiger partial charge is 0.410 e. The van der Waals surface area contributed by atoms with Gasteiger partial charge >= 0.3 is 6.09 Å². The number of fused-ring (bicyclic) bond motifs is 2. The molecule has 2 aromatic carbocycles. The Hall–Kier alpha value is -4.06. The monoisotopic (exact) mass is 581 g/mol. The van der Waals surface area contributed by atoms with Crippen molar-refractivity contribution in [2.24, 2.45) is 0 Å². The number of rotatable bonds is 7. The van der Waals surface area contributed by atoms with Crippen LogP contribution in [0.2, 0.25) is 0 Å². The molecule has 0 saturated carbocycles. The Bertz CT molecular complexity index is 1720. The molecule has 0 fully saturated rings. The van der Waals surface area contributed by atoms with E-state index in [9.17, 15) is 13.2 Å². The highest BCUT2D eigenvalue weighted by Gasteiger charge is 2.28. The molecule has 1 aliphatic heterocycles. The fraction of sp³-hybridized carbons (Fsp3) is 0.414. The predicted octanol–water partition coefficient (Wildman–Crippen LogP) is 5.05. The maximum absolute atomic E-state index is 13.3. The number of ether oxygens (including phenoxy) is 2. The summed E-state index contributed by atoms with van der Waals surface area (Å²) in [4.78, 5) is 14.3. The van der Waals surface area contributed by atoms with Crippen LogP contribution < -0.4 is 9.46 Å². The van der Waals surface area contributed by atoms with E-state index in [1.54, 1.807) is 17.0 Å². The fourth-order valence-electron chi connectivity index (χ4n) is 4.96. The molecule has 0 saturated heterocycles. The van der Waals surface area contributed by atoms with E-state index >= 15 is 0 Å². The summed E-state index contributed by atoms with van der Waals surface area (Å²) in [5.74, 6) is 0.363. The number of carbonyl (C=O) groups is 1. The van der Waals surface area contributed by atoms with Crippen LogP contribution in [0.5, 0.6) is 5.75 Å². The number of anilines is 1. The molecule has 0 unspecified atom stereocenters. The highest BCUT2D eigenvalue weighted by Crippen LogP contribution is 2.32. The van der Waals surface area contributed by atoms with Crippen molar-refractivity contribution in [3.05, 3.63) is 64.5 Å². The standard InChI is InChI=1S/C29H35N5O6S/c1-7-19-8-9-23(38-6)25(14-19)41(36,37)32-27-26-18(2)12-20(13-24(26)40-31-27)15-34-17-21-16-33(11-10-22(21)30-34)28(35)39-29(3,4)5/h8-9,12-14,17H,7,10-11,15-16H2,1-6H3,(H,31,32). The van der Waals surface area contributed by atoms with Crippen LogP contribution in [-0.4, -0.2) is 53.6 Å². The highest BCUT2D eigenvalue weighted by molar-refractivity contribution is 7.92. The number of nitrogens with zero attached hydrogens (tertiary/aromatic N) is 4. The number of amides is 1. The van der Waals surface area contributed by atoms with Crippen molar-refractivity contribution in [2.45, 2.75) is 71.0 Å². The molecule has 0 aliphatic carbocycles. The Balaban J connectivity index is 1.35. The predicted molar refractivity (Wildman–Crippen MR) is 154 cm³/mol. The van der Waals surface area contributed by atoms with Crippen molar-refractivity contribution in [3.8, 4) is 5.75 Å². The van der Waals surface area contributed by atoms with E-state index in [1.165, 1.54) is 7.11 Å².